The van der Waals surface area contributed by atoms with Crippen molar-refractivity contribution in [1.82, 2.24) is 0 Å². The predicted molar refractivity (Wildman–Crippen MR) is 64.7 cm³/mol. The van der Waals surface area contributed by atoms with Gasteiger partial charge in [-0.1, -0.05) is 24.8 Å². The molecular formula is C13H17N2+. The van der Waals surface area contributed by atoms with E-state index in [-0.39, 0.29) is 0 Å². The average molecular weight is 201 g/mol. The van der Waals surface area contributed by atoms with Gasteiger partial charge in [-0.05, 0) is 18.1 Å². The Kier molecular flexibility index (Phi) is 4.46. The van der Waals surface area contributed by atoms with Gasteiger partial charge < -0.3 is 10.2 Å². The van der Waals surface area contributed by atoms with Gasteiger partial charge in [0.05, 0.1) is 12.7 Å². The lowest BCUT2D eigenvalue weighted by Gasteiger charge is -2.14. The molecule has 0 aliphatic heterocycles. The van der Waals surface area contributed by atoms with Gasteiger partial charge in [0.2, 0.25) is 0 Å². The van der Waals surface area contributed by atoms with E-state index in [0.29, 0.717) is 0 Å². The first-order chi connectivity index (χ1) is 7.22. The molecule has 0 saturated heterocycles. The highest BCUT2D eigenvalue weighted by Gasteiger charge is 2.02. The molecule has 0 radical (unpaired) electrons. The van der Waals surface area contributed by atoms with E-state index in [1.54, 1.807) is 0 Å². The first kappa shape index (κ1) is 11.4. The highest BCUT2D eigenvalue weighted by molar-refractivity contribution is 5.47. The van der Waals surface area contributed by atoms with Crippen molar-refractivity contribution in [3.8, 4) is 12.3 Å². The molecule has 0 aliphatic rings. The molecule has 0 bridgehead atoms. The van der Waals surface area contributed by atoms with E-state index >= 15 is 0 Å². The second-order valence-corrected chi connectivity index (χ2v) is 3.61. The van der Waals surface area contributed by atoms with Crippen LogP contribution in [0.1, 0.15) is 0 Å². The van der Waals surface area contributed by atoms with Gasteiger partial charge >= 0.3 is 0 Å². The number of hydrogen-bond acceptors (Lipinski definition) is 1. The summed E-state index contributed by atoms with van der Waals surface area (Å²) in [6, 6.07) is 10.0. The van der Waals surface area contributed by atoms with Crippen molar-refractivity contribution in [1.29, 1.82) is 0 Å². The Morgan fingerprint density at radius 2 is 2.13 bits per heavy atom. The smallest absolute Gasteiger partial charge is 0.139 e. The molecule has 15 heavy (non-hydrogen) atoms. The van der Waals surface area contributed by atoms with Crippen LogP contribution in [-0.4, -0.2) is 20.1 Å². The maximum atomic E-state index is 5.24. The average Bonchev–Trinajstić information content (AvgIpc) is 2.19. The summed E-state index contributed by atoms with van der Waals surface area (Å²) in [4.78, 5) is 1.26. The molecule has 0 spiro atoms. The van der Waals surface area contributed by atoms with Gasteiger partial charge in [0.25, 0.3) is 0 Å². The Labute approximate surface area is 91.6 Å². The summed E-state index contributed by atoms with van der Waals surface area (Å²) in [5, 5.41) is 3.25. The van der Waals surface area contributed by atoms with Crippen LogP contribution in [-0.2, 0) is 0 Å². The second-order valence-electron chi connectivity index (χ2n) is 3.61. The molecule has 1 atom stereocenters. The Morgan fingerprint density at radius 3 is 2.73 bits per heavy atom. The molecule has 0 amide bonds. The zero-order valence-electron chi connectivity index (χ0n) is 9.09. The van der Waals surface area contributed by atoms with Crippen LogP contribution in [0.3, 0.4) is 0 Å². The molecule has 2 heteroatoms. The van der Waals surface area contributed by atoms with Crippen LogP contribution in [0.15, 0.2) is 42.6 Å². The van der Waals surface area contributed by atoms with E-state index in [9.17, 15) is 0 Å². The van der Waals surface area contributed by atoms with Crippen LogP contribution in [0.4, 0.5) is 5.69 Å². The fourth-order valence-corrected chi connectivity index (χ4v) is 1.37. The number of terminal acetylenes is 1. The van der Waals surface area contributed by atoms with Gasteiger partial charge in [0, 0.05) is 5.69 Å². The van der Waals surface area contributed by atoms with Crippen molar-refractivity contribution in [2.24, 2.45) is 0 Å². The molecule has 1 aromatic rings. The fourth-order valence-electron chi connectivity index (χ4n) is 1.37. The highest BCUT2D eigenvalue weighted by Crippen LogP contribution is 2.06. The Balaban J connectivity index is 2.41. The predicted octanol–water partition coefficient (Wildman–Crippen LogP) is 0.760. The van der Waals surface area contributed by atoms with Crippen molar-refractivity contribution in [3.05, 3.63) is 42.6 Å². The topological polar surface area (TPSA) is 16.5 Å². The van der Waals surface area contributed by atoms with E-state index in [2.05, 4.69) is 24.9 Å². The minimum absolute atomic E-state index is 0.718. The van der Waals surface area contributed by atoms with Crippen molar-refractivity contribution in [3.63, 3.8) is 0 Å². The van der Waals surface area contributed by atoms with E-state index in [1.807, 2.05) is 30.3 Å². The van der Waals surface area contributed by atoms with Gasteiger partial charge in [-0.25, -0.2) is 0 Å². The molecule has 0 aliphatic carbocycles. The summed E-state index contributed by atoms with van der Waals surface area (Å²) in [5.41, 5.74) is 2.05. The maximum absolute atomic E-state index is 5.24. The minimum Gasteiger partial charge on any atom is -0.355 e. The van der Waals surface area contributed by atoms with E-state index in [1.165, 1.54) is 4.90 Å². The Bertz CT molecular complexity index is 349. The third-order valence-electron chi connectivity index (χ3n) is 2.01. The Morgan fingerprint density at radius 1 is 1.47 bits per heavy atom. The largest absolute Gasteiger partial charge is 0.355 e. The maximum Gasteiger partial charge on any atom is 0.139 e. The van der Waals surface area contributed by atoms with Crippen LogP contribution < -0.4 is 10.2 Å². The number of hydrogen-bond donors (Lipinski definition) is 2. The first-order valence-electron chi connectivity index (χ1n) is 4.97. The van der Waals surface area contributed by atoms with Crippen molar-refractivity contribution in [2.75, 3.05) is 25.5 Å². The summed E-state index contributed by atoms with van der Waals surface area (Å²) in [6.45, 7) is 5.52. The van der Waals surface area contributed by atoms with Crippen LogP contribution in [0.2, 0.25) is 0 Å². The summed E-state index contributed by atoms with van der Waals surface area (Å²) in [6.07, 6.45) is 5.24. The van der Waals surface area contributed by atoms with Gasteiger partial charge in [0.15, 0.2) is 0 Å². The van der Waals surface area contributed by atoms with Gasteiger partial charge in [0.1, 0.15) is 13.1 Å². The van der Waals surface area contributed by atoms with Crippen LogP contribution >= 0.6 is 0 Å². The molecule has 2 nitrogen and oxygen atoms in total. The van der Waals surface area contributed by atoms with Gasteiger partial charge in [-0.15, -0.1) is 6.42 Å². The summed E-state index contributed by atoms with van der Waals surface area (Å²) >= 11 is 0. The van der Waals surface area contributed by atoms with E-state index in [0.717, 1.165) is 24.5 Å². The SMILES string of the molecule is C#CC[NH+](C)CC(=C)Nc1ccccc1. The highest BCUT2D eigenvalue weighted by atomic mass is 15.1. The zero-order chi connectivity index (χ0) is 11.1. The van der Waals surface area contributed by atoms with Crippen LogP contribution in [0.5, 0.6) is 0 Å². The molecule has 2 N–H and O–H groups in total. The third-order valence-corrected chi connectivity index (χ3v) is 2.01. The number of anilines is 1. The molecular weight excluding hydrogens is 184 g/mol. The lowest BCUT2D eigenvalue weighted by molar-refractivity contribution is -0.866. The standard InChI is InChI=1S/C13H16N2/c1-4-10-15(3)11-12(2)14-13-8-6-5-7-9-13/h1,5-9,14H,2,10-11H2,3H3/p+1. The fraction of sp³-hybridized carbons (Fsp3) is 0.231. The number of nitrogens with one attached hydrogen (secondary N) is 2. The number of rotatable bonds is 5. The number of quaternary nitrogens is 1. The molecule has 78 valence electrons. The van der Waals surface area contributed by atoms with Crippen LogP contribution in [0, 0.1) is 12.3 Å². The normalized spacial score (nSPS) is 11.5. The monoisotopic (exact) mass is 201 g/mol. The van der Waals surface area contributed by atoms with Crippen molar-refractivity contribution < 1.29 is 4.90 Å². The van der Waals surface area contributed by atoms with E-state index in [4.69, 9.17) is 6.42 Å². The van der Waals surface area contributed by atoms with Gasteiger partial charge in [-0.2, -0.15) is 0 Å². The first-order valence-corrected chi connectivity index (χ1v) is 4.97. The third kappa shape index (κ3) is 4.35. The summed E-state index contributed by atoms with van der Waals surface area (Å²) < 4.78 is 0. The summed E-state index contributed by atoms with van der Waals surface area (Å²) in [7, 11) is 2.05. The lowest BCUT2D eigenvalue weighted by atomic mass is 10.3. The second kappa shape index (κ2) is 5.90. The molecule has 0 saturated carbocycles. The van der Waals surface area contributed by atoms with Gasteiger partial charge in [-0.3, -0.25) is 0 Å². The lowest BCUT2D eigenvalue weighted by Crippen LogP contribution is -3.09. The Hall–Kier alpha value is -1.72. The zero-order valence-corrected chi connectivity index (χ0v) is 9.09. The number of likely N-dealkylation sites (N-methyl/N-ethyl adjacent to an activating group) is 1. The molecule has 0 aromatic heterocycles. The quantitative estimate of drug-likeness (QED) is 0.672. The molecule has 1 aromatic carbocycles. The molecule has 1 unspecified atom stereocenters. The minimum atomic E-state index is 0.718. The summed E-state index contributed by atoms with van der Waals surface area (Å²) in [5.74, 6) is 2.63. The van der Waals surface area contributed by atoms with Crippen LogP contribution in [0.25, 0.3) is 0 Å². The number of benzene rings is 1. The van der Waals surface area contributed by atoms with Crippen molar-refractivity contribution >= 4 is 5.69 Å². The molecule has 0 fully saturated rings. The van der Waals surface area contributed by atoms with E-state index < -0.39 is 0 Å². The van der Waals surface area contributed by atoms with Crippen molar-refractivity contribution in [2.45, 2.75) is 0 Å². The number of para-hydroxylation sites is 1. The molecule has 0 heterocycles. The molecule has 1 rings (SSSR count).